The highest BCUT2D eigenvalue weighted by Gasteiger charge is 2.49. The van der Waals surface area contributed by atoms with Gasteiger partial charge in [-0.25, -0.2) is 0 Å². The van der Waals surface area contributed by atoms with Crippen molar-refractivity contribution in [3.05, 3.63) is 34.3 Å². The predicted molar refractivity (Wildman–Crippen MR) is 114 cm³/mol. The van der Waals surface area contributed by atoms with Crippen molar-refractivity contribution in [3.63, 3.8) is 0 Å². The van der Waals surface area contributed by atoms with E-state index in [1.807, 2.05) is 24.3 Å². The van der Waals surface area contributed by atoms with Crippen molar-refractivity contribution in [2.75, 3.05) is 13.2 Å². The molecule has 0 heterocycles. The van der Waals surface area contributed by atoms with Gasteiger partial charge in [0.15, 0.2) is 5.66 Å². The Kier molecular flexibility index (Phi) is 9.84. The van der Waals surface area contributed by atoms with E-state index < -0.39 is 36.8 Å². The number of ether oxygens (including phenoxy) is 1. The summed E-state index contributed by atoms with van der Waals surface area (Å²) >= 11 is 3.40. The van der Waals surface area contributed by atoms with Gasteiger partial charge >= 0.3 is 13.6 Å². The summed E-state index contributed by atoms with van der Waals surface area (Å²) in [6.07, 6.45) is -0.523. The van der Waals surface area contributed by atoms with Gasteiger partial charge in [0.1, 0.15) is 5.60 Å². The second-order valence-corrected chi connectivity index (χ2v) is 10.7. The molecule has 0 fully saturated rings. The van der Waals surface area contributed by atoms with E-state index >= 15 is 0 Å². The molecular formula is C20H32BrO6P. The Morgan fingerprint density at radius 1 is 1.14 bits per heavy atom. The molecule has 1 rings (SSSR count). The van der Waals surface area contributed by atoms with Gasteiger partial charge in [0, 0.05) is 10.4 Å². The number of halogens is 1. The Labute approximate surface area is 176 Å². The Balaban J connectivity index is 3.54. The molecule has 1 N–H and O–H groups in total. The van der Waals surface area contributed by atoms with Crippen molar-refractivity contribution in [3.8, 4) is 0 Å². The molecule has 8 heteroatoms. The van der Waals surface area contributed by atoms with E-state index in [9.17, 15) is 14.5 Å². The van der Waals surface area contributed by atoms with Gasteiger partial charge in [-0.3, -0.25) is 9.36 Å². The highest BCUT2D eigenvalue weighted by Crippen LogP contribution is 2.58. The molecule has 0 spiro atoms. The zero-order valence-corrected chi connectivity index (χ0v) is 20.0. The van der Waals surface area contributed by atoms with Crippen LogP contribution in [0.15, 0.2) is 28.7 Å². The second kappa shape index (κ2) is 10.9. The number of hydrogen-bond donors (Lipinski definition) is 1. The summed E-state index contributed by atoms with van der Waals surface area (Å²) in [5, 5.41) is 10.1. The third-order valence-electron chi connectivity index (χ3n) is 3.88. The van der Waals surface area contributed by atoms with E-state index in [0.717, 1.165) is 10.0 Å². The third kappa shape index (κ3) is 7.60. The van der Waals surface area contributed by atoms with Crippen LogP contribution in [0.2, 0.25) is 0 Å². The number of carbonyl (C=O) groups is 1. The molecule has 0 radical (unpaired) electrons. The summed E-state index contributed by atoms with van der Waals surface area (Å²) < 4.78 is 31.2. The molecule has 28 heavy (non-hydrogen) atoms. The van der Waals surface area contributed by atoms with Crippen LogP contribution in [0, 0.1) is 0 Å². The zero-order chi connectivity index (χ0) is 21.5. The molecule has 0 saturated carbocycles. The summed E-state index contributed by atoms with van der Waals surface area (Å²) in [4.78, 5) is 13.2. The summed E-state index contributed by atoms with van der Waals surface area (Å²) in [5.41, 5.74) is -1.21. The Morgan fingerprint density at radius 3 is 2.04 bits per heavy atom. The molecule has 3 unspecified atom stereocenters. The van der Waals surface area contributed by atoms with Gasteiger partial charge in [0.05, 0.1) is 19.3 Å². The molecule has 0 aliphatic carbocycles. The SMILES string of the molecule is CCOP(=O)(OCC)C(C(=O)OC(C)(C)C)C(CC(C)O)c1ccc(Br)cc1. The first-order valence-electron chi connectivity index (χ1n) is 9.48. The highest BCUT2D eigenvalue weighted by atomic mass is 79.9. The quantitative estimate of drug-likeness (QED) is 0.363. The molecule has 1 aromatic carbocycles. The smallest absolute Gasteiger partial charge is 0.345 e. The summed E-state index contributed by atoms with van der Waals surface area (Å²) in [6, 6.07) is 7.33. The van der Waals surface area contributed by atoms with E-state index in [-0.39, 0.29) is 19.6 Å². The van der Waals surface area contributed by atoms with Crippen molar-refractivity contribution < 1.29 is 28.3 Å². The number of carbonyl (C=O) groups excluding carboxylic acids is 1. The molecule has 0 bridgehead atoms. The van der Waals surface area contributed by atoms with Gasteiger partial charge < -0.3 is 18.9 Å². The van der Waals surface area contributed by atoms with Crippen LogP contribution in [0.3, 0.4) is 0 Å². The van der Waals surface area contributed by atoms with E-state index in [4.69, 9.17) is 13.8 Å². The predicted octanol–water partition coefficient (Wildman–Crippen LogP) is 5.28. The average molecular weight is 479 g/mol. The normalized spacial score (nSPS) is 15.7. The fourth-order valence-corrected chi connectivity index (χ4v) is 5.38. The number of aliphatic hydroxyl groups is 1. The summed E-state index contributed by atoms with van der Waals surface area (Å²) in [5.74, 6) is -1.27. The first-order chi connectivity index (χ1) is 12.9. The van der Waals surface area contributed by atoms with E-state index in [1.165, 1.54) is 0 Å². The van der Waals surface area contributed by atoms with E-state index in [2.05, 4.69) is 15.9 Å². The number of hydrogen-bond acceptors (Lipinski definition) is 6. The maximum atomic E-state index is 13.7. The number of esters is 1. The van der Waals surface area contributed by atoms with Crippen LogP contribution in [0.4, 0.5) is 0 Å². The molecule has 0 aliphatic heterocycles. The summed E-state index contributed by atoms with van der Waals surface area (Å²) in [7, 11) is -3.86. The van der Waals surface area contributed by atoms with Gasteiger partial charge in [-0.1, -0.05) is 28.1 Å². The number of rotatable bonds is 10. The second-order valence-electron chi connectivity index (χ2n) is 7.60. The molecular weight excluding hydrogens is 447 g/mol. The lowest BCUT2D eigenvalue weighted by molar-refractivity contribution is -0.155. The molecule has 6 nitrogen and oxygen atoms in total. The lowest BCUT2D eigenvalue weighted by Crippen LogP contribution is -2.37. The van der Waals surface area contributed by atoms with Crippen molar-refractivity contribution in [2.24, 2.45) is 0 Å². The van der Waals surface area contributed by atoms with Crippen LogP contribution in [-0.2, 0) is 23.1 Å². The monoisotopic (exact) mass is 478 g/mol. The van der Waals surface area contributed by atoms with Crippen molar-refractivity contribution in [1.82, 2.24) is 0 Å². The maximum Gasteiger partial charge on any atom is 0.345 e. The lowest BCUT2D eigenvalue weighted by Gasteiger charge is -2.34. The number of benzene rings is 1. The minimum atomic E-state index is -3.86. The molecule has 0 aromatic heterocycles. The molecule has 0 saturated heterocycles. The molecule has 0 amide bonds. The zero-order valence-electron chi connectivity index (χ0n) is 17.5. The Hall–Kier alpha value is -0.720. The topological polar surface area (TPSA) is 82.1 Å². The Bertz CT molecular complexity index is 658. The van der Waals surface area contributed by atoms with Crippen molar-refractivity contribution in [2.45, 2.75) is 71.2 Å². The number of aliphatic hydroxyl groups excluding tert-OH is 1. The van der Waals surface area contributed by atoms with Gasteiger partial charge in [-0.15, -0.1) is 0 Å². The summed E-state index contributed by atoms with van der Waals surface area (Å²) in [6.45, 7) is 10.5. The Morgan fingerprint density at radius 2 is 1.64 bits per heavy atom. The van der Waals surface area contributed by atoms with Gasteiger partial charge in [-0.2, -0.15) is 0 Å². The molecule has 1 aromatic rings. The first-order valence-corrected chi connectivity index (χ1v) is 11.9. The third-order valence-corrected chi connectivity index (χ3v) is 6.90. The van der Waals surface area contributed by atoms with Crippen molar-refractivity contribution in [1.29, 1.82) is 0 Å². The standard InChI is InChI=1S/C20H32BrO6P/c1-7-25-28(24,26-8-2)18(19(23)27-20(4,5)6)17(13-14(3)22)15-9-11-16(21)12-10-15/h9-12,14,17-18,22H,7-8,13H2,1-6H3. The minimum absolute atomic E-state index is 0.123. The van der Waals surface area contributed by atoms with Gasteiger partial charge in [0.2, 0.25) is 0 Å². The van der Waals surface area contributed by atoms with Crippen LogP contribution >= 0.6 is 23.5 Å². The van der Waals surface area contributed by atoms with Crippen LogP contribution in [0.25, 0.3) is 0 Å². The molecule has 160 valence electrons. The maximum absolute atomic E-state index is 13.7. The average Bonchev–Trinajstić information content (AvgIpc) is 2.53. The van der Waals surface area contributed by atoms with E-state index in [1.54, 1.807) is 41.5 Å². The van der Waals surface area contributed by atoms with Gasteiger partial charge in [0.25, 0.3) is 0 Å². The van der Waals surface area contributed by atoms with Crippen LogP contribution < -0.4 is 0 Å². The highest BCUT2D eigenvalue weighted by molar-refractivity contribution is 9.10. The lowest BCUT2D eigenvalue weighted by atomic mass is 9.90. The van der Waals surface area contributed by atoms with E-state index in [0.29, 0.717) is 0 Å². The first kappa shape index (κ1) is 25.3. The largest absolute Gasteiger partial charge is 0.459 e. The fraction of sp³-hybridized carbons (Fsp3) is 0.650. The molecule has 0 aliphatic rings. The van der Waals surface area contributed by atoms with Gasteiger partial charge in [-0.05, 0) is 65.7 Å². The van der Waals surface area contributed by atoms with Crippen LogP contribution in [-0.4, -0.2) is 41.7 Å². The molecule has 3 atom stereocenters. The minimum Gasteiger partial charge on any atom is -0.459 e. The van der Waals surface area contributed by atoms with Crippen LogP contribution in [0.1, 0.15) is 59.4 Å². The van der Waals surface area contributed by atoms with Crippen LogP contribution in [0.5, 0.6) is 0 Å². The van der Waals surface area contributed by atoms with Crippen molar-refractivity contribution >= 4 is 29.5 Å². The fourth-order valence-electron chi connectivity index (χ4n) is 2.96.